The summed E-state index contributed by atoms with van der Waals surface area (Å²) in [6.45, 7) is 2.19. The molecule has 0 spiro atoms. The molecule has 0 saturated carbocycles. The van der Waals surface area contributed by atoms with Crippen molar-refractivity contribution in [1.29, 1.82) is 0 Å². The fourth-order valence-electron chi connectivity index (χ4n) is 1.19. The molecule has 0 aliphatic rings. The molecule has 0 amide bonds. The number of pyridine rings is 1. The third kappa shape index (κ3) is 6.23. The molecule has 17 heavy (non-hydrogen) atoms. The van der Waals surface area contributed by atoms with Crippen LogP contribution in [-0.4, -0.2) is 24.3 Å². The Balaban J connectivity index is 2.35. The summed E-state index contributed by atoms with van der Waals surface area (Å²) in [6, 6.07) is 3.49. The number of hydrogen-bond donors (Lipinski definition) is 1. The van der Waals surface area contributed by atoms with E-state index in [1.165, 1.54) is 0 Å². The highest BCUT2D eigenvalue weighted by Gasteiger charge is 2.27. The normalized spacial score (nSPS) is 11.8. The molecule has 1 heterocycles. The van der Waals surface area contributed by atoms with Gasteiger partial charge in [0.1, 0.15) is 6.61 Å². The lowest BCUT2D eigenvalue weighted by Crippen LogP contribution is -2.17. The van der Waals surface area contributed by atoms with Crippen LogP contribution < -0.4 is 5.32 Å². The second-order valence-electron chi connectivity index (χ2n) is 3.55. The molecule has 3 nitrogen and oxygen atoms in total. The molecule has 0 aliphatic carbocycles. The summed E-state index contributed by atoms with van der Waals surface area (Å²) in [5.41, 5.74) is 1.49. The average molecular weight is 248 g/mol. The first-order valence-electron chi connectivity index (χ1n) is 5.30. The minimum Gasteiger partial charge on any atom is -0.366 e. The van der Waals surface area contributed by atoms with Crippen molar-refractivity contribution in [2.45, 2.75) is 26.3 Å². The minimum absolute atomic E-state index is 0.124. The Hall–Kier alpha value is -1.14. The molecule has 0 atom stereocenters. The Morgan fingerprint density at radius 3 is 2.65 bits per heavy atom. The predicted octanol–water partition coefficient (Wildman–Crippen LogP) is 2.27. The Morgan fingerprint density at radius 2 is 2.12 bits per heavy atom. The molecule has 0 unspecified atom stereocenters. The molecule has 0 radical (unpaired) electrons. The van der Waals surface area contributed by atoms with Crippen LogP contribution in [0.1, 0.15) is 18.2 Å². The van der Waals surface area contributed by atoms with Crippen LogP contribution in [0.15, 0.2) is 18.3 Å². The lowest BCUT2D eigenvalue weighted by Gasteiger charge is -2.07. The SMILES string of the molecule is CCNCc1ccc(COCC(F)(F)F)nc1. The van der Waals surface area contributed by atoms with Gasteiger partial charge in [0.25, 0.3) is 0 Å². The predicted molar refractivity (Wildman–Crippen MR) is 57.3 cm³/mol. The van der Waals surface area contributed by atoms with Crippen molar-refractivity contribution in [3.8, 4) is 0 Å². The number of hydrogen-bond acceptors (Lipinski definition) is 3. The van der Waals surface area contributed by atoms with Gasteiger partial charge < -0.3 is 10.1 Å². The minimum atomic E-state index is -4.29. The summed E-state index contributed by atoms with van der Waals surface area (Å²) in [4.78, 5) is 4.02. The summed E-state index contributed by atoms with van der Waals surface area (Å²) in [5, 5.41) is 3.13. The molecule has 0 saturated heterocycles. The van der Waals surface area contributed by atoms with Gasteiger partial charge in [0.2, 0.25) is 0 Å². The molecule has 1 rings (SSSR count). The number of ether oxygens (including phenoxy) is 1. The van der Waals surface area contributed by atoms with Crippen molar-refractivity contribution in [2.75, 3.05) is 13.2 Å². The Kier molecular flexibility index (Phi) is 5.37. The summed E-state index contributed by atoms with van der Waals surface area (Å²) >= 11 is 0. The quantitative estimate of drug-likeness (QED) is 0.838. The molecule has 1 aromatic heterocycles. The molecule has 0 aliphatic heterocycles. The molecule has 1 aromatic rings. The van der Waals surface area contributed by atoms with Gasteiger partial charge in [0, 0.05) is 12.7 Å². The topological polar surface area (TPSA) is 34.1 Å². The molecule has 0 bridgehead atoms. The highest BCUT2D eigenvalue weighted by atomic mass is 19.4. The fourth-order valence-corrected chi connectivity index (χ4v) is 1.19. The van der Waals surface area contributed by atoms with Gasteiger partial charge in [0.15, 0.2) is 0 Å². The van der Waals surface area contributed by atoms with Crippen molar-refractivity contribution < 1.29 is 17.9 Å². The highest BCUT2D eigenvalue weighted by Crippen LogP contribution is 2.15. The summed E-state index contributed by atoms with van der Waals surface area (Å²) in [5.74, 6) is 0. The van der Waals surface area contributed by atoms with Gasteiger partial charge in [-0.25, -0.2) is 0 Å². The standard InChI is InChI=1S/C11H15F3N2O/c1-2-15-5-9-3-4-10(16-6-9)7-17-8-11(12,13)14/h3-4,6,15H,2,5,7-8H2,1H3. The maximum atomic E-state index is 11.8. The molecule has 96 valence electrons. The van der Waals surface area contributed by atoms with E-state index < -0.39 is 12.8 Å². The van der Waals surface area contributed by atoms with Crippen LogP contribution in [0, 0.1) is 0 Å². The number of nitrogens with zero attached hydrogens (tertiary/aromatic N) is 1. The van der Waals surface area contributed by atoms with E-state index in [1.54, 1.807) is 12.3 Å². The number of halogens is 3. The van der Waals surface area contributed by atoms with Gasteiger partial charge in [0.05, 0.1) is 12.3 Å². The Morgan fingerprint density at radius 1 is 1.35 bits per heavy atom. The van der Waals surface area contributed by atoms with Crippen molar-refractivity contribution in [3.63, 3.8) is 0 Å². The first kappa shape index (κ1) is 13.9. The second kappa shape index (κ2) is 6.56. The third-order valence-corrected chi connectivity index (χ3v) is 1.98. The van der Waals surface area contributed by atoms with Gasteiger partial charge in [-0.2, -0.15) is 13.2 Å². The zero-order chi connectivity index (χ0) is 12.7. The number of aromatic nitrogens is 1. The van der Waals surface area contributed by atoms with Crippen molar-refractivity contribution in [2.24, 2.45) is 0 Å². The first-order valence-corrected chi connectivity index (χ1v) is 5.30. The van der Waals surface area contributed by atoms with Gasteiger partial charge in [-0.1, -0.05) is 13.0 Å². The smallest absolute Gasteiger partial charge is 0.366 e. The molecule has 0 aromatic carbocycles. The number of rotatable bonds is 6. The van der Waals surface area contributed by atoms with Gasteiger partial charge >= 0.3 is 6.18 Å². The summed E-state index contributed by atoms with van der Waals surface area (Å²) < 4.78 is 39.9. The largest absolute Gasteiger partial charge is 0.411 e. The van der Waals surface area contributed by atoms with Crippen LogP contribution in [0.2, 0.25) is 0 Å². The third-order valence-electron chi connectivity index (χ3n) is 1.98. The van der Waals surface area contributed by atoms with Crippen molar-refractivity contribution >= 4 is 0 Å². The van der Waals surface area contributed by atoms with Gasteiger partial charge in [-0.15, -0.1) is 0 Å². The molecular weight excluding hydrogens is 233 g/mol. The molecule has 6 heteroatoms. The maximum absolute atomic E-state index is 11.8. The van der Waals surface area contributed by atoms with Gasteiger partial charge in [-0.3, -0.25) is 4.98 Å². The number of nitrogens with one attached hydrogen (secondary N) is 1. The number of alkyl halides is 3. The zero-order valence-corrected chi connectivity index (χ0v) is 9.55. The van der Waals surface area contributed by atoms with Crippen molar-refractivity contribution in [3.05, 3.63) is 29.6 Å². The Bertz CT molecular complexity index is 324. The average Bonchev–Trinajstić information content (AvgIpc) is 2.26. The first-order chi connectivity index (χ1) is 8.01. The lowest BCUT2D eigenvalue weighted by molar-refractivity contribution is -0.176. The molecule has 1 N–H and O–H groups in total. The highest BCUT2D eigenvalue weighted by molar-refractivity contribution is 5.13. The van der Waals surface area contributed by atoms with E-state index in [9.17, 15) is 13.2 Å². The summed E-state index contributed by atoms with van der Waals surface area (Å²) in [6.07, 6.45) is -2.65. The van der Waals surface area contributed by atoms with Crippen LogP contribution in [0.3, 0.4) is 0 Å². The molecule has 0 fully saturated rings. The maximum Gasteiger partial charge on any atom is 0.411 e. The van der Waals surface area contributed by atoms with E-state index in [4.69, 9.17) is 0 Å². The van der Waals surface area contributed by atoms with E-state index in [1.807, 2.05) is 13.0 Å². The monoisotopic (exact) mass is 248 g/mol. The van der Waals surface area contributed by atoms with E-state index in [0.717, 1.165) is 12.1 Å². The van der Waals surface area contributed by atoms with E-state index in [2.05, 4.69) is 15.0 Å². The fraction of sp³-hybridized carbons (Fsp3) is 0.545. The van der Waals surface area contributed by atoms with Crippen LogP contribution in [0.25, 0.3) is 0 Å². The van der Waals surface area contributed by atoms with Gasteiger partial charge in [-0.05, 0) is 18.2 Å². The van der Waals surface area contributed by atoms with E-state index >= 15 is 0 Å². The van der Waals surface area contributed by atoms with E-state index in [0.29, 0.717) is 12.2 Å². The summed E-state index contributed by atoms with van der Waals surface area (Å²) in [7, 11) is 0. The second-order valence-corrected chi connectivity index (χ2v) is 3.55. The van der Waals surface area contributed by atoms with Crippen molar-refractivity contribution in [1.82, 2.24) is 10.3 Å². The molecular formula is C11H15F3N2O. The van der Waals surface area contributed by atoms with Crippen LogP contribution in [0.5, 0.6) is 0 Å². The zero-order valence-electron chi connectivity index (χ0n) is 9.55. The van der Waals surface area contributed by atoms with Crippen LogP contribution >= 0.6 is 0 Å². The Labute approximate surface area is 98.0 Å². The van der Waals surface area contributed by atoms with E-state index in [-0.39, 0.29) is 6.61 Å². The lowest BCUT2D eigenvalue weighted by atomic mass is 10.2. The van der Waals surface area contributed by atoms with Crippen LogP contribution in [0.4, 0.5) is 13.2 Å². The van der Waals surface area contributed by atoms with Crippen LogP contribution in [-0.2, 0) is 17.9 Å².